The van der Waals surface area contributed by atoms with Crippen LogP contribution in [0.4, 0.5) is 0 Å². The zero-order valence-corrected chi connectivity index (χ0v) is 20.0. The van der Waals surface area contributed by atoms with Crippen molar-refractivity contribution in [1.29, 1.82) is 10.5 Å². The molecule has 0 atom stereocenters. The topological polar surface area (TPSA) is 149 Å². The summed E-state index contributed by atoms with van der Waals surface area (Å²) in [7, 11) is 1.25. The van der Waals surface area contributed by atoms with Crippen molar-refractivity contribution in [2.75, 3.05) is 13.7 Å². The summed E-state index contributed by atoms with van der Waals surface area (Å²) in [5, 5.41) is 18.2. The molecule has 0 unspecified atom stereocenters. The van der Waals surface area contributed by atoms with Gasteiger partial charge < -0.3 is 19.4 Å². The van der Waals surface area contributed by atoms with E-state index < -0.39 is 17.7 Å². The van der Waals surface area contributed by atoms with Crippen LogP contribution < -0.4 is 0 Å². The molecule has 0 aliphatic carbocycles. The lowest BCUT2D eigenvalue weighted by Gasteiger charge is -2.05. The van der Waals surface area contributed by atoms with Crippen molar-refractivity contribution in [3.63, 3.8) is 0 Å². The van der Waals surface area contributed by atoms with E-state index in [0.29, 0.717) is 29.8 Å². The molecular formula is C25H28N4O5. The minimum absolute atomic E-state index is 0.0160. The van der Waals surface area contributed by atoms with E-state index in [1.165, 1.54) is 13.2 Å². The fourth-order valence-electron chi connectivity index (χ4n) is 3.84. The van der Waals surface area contributed by atoms with Crippen molar-refractivity contribution in [1.82, 2.24) is 9.97 Å². The summed E-state index contributed by atoms with van der Waals surface area (Å²) in [5.41, 5.74) is 4.92. The molecule has 2 N–H and O–H groups in total. The largest absolute Gasteiger partial charge is 0.469 e. The number of carbonyl (C=O) groups is 3. The van der Waals surface area contributed by atoms with E-state index in [-0.39, 0.29) is 36.3 Å². The number of ether oxygens (including phenoxy) is 2. The van der Waals surface area contributed by atoms with E-state index in [2.05, 4.69) is 14.7 Å². The Bertz CT molecular complexity index is 1200. The minimum Gasteiger partial charge on any atom is -0.469 e. The number of aromatic amines is 2. The van der Waals surface area contributed by atoms with Crippen LogP contribution in [0.15, 0.2) is 5.57 Å². The second kappa shape index (κ2) is 11.7. The Labute approximate surface area is 198 Å². The van der Waals surface area contributed by atoms with E-state index in [0.717, 1.165) is 16.8 Å². The Morgan fingerprint density at radius 1 is 1.00 bits per heavy atom. The smallest absolute Gasteiger partial charge is 0.340 e. The normalized spacial score (nSPS) is 10.2. The van der Waals surface area contributed by atoms with E-state index >= 15 is 0 Å². The molecule has 178 valence electrons. The highest BCUT2D eigenvalue weighted by Gasteiger charge is 2.27. The number of hydrogen-bond acceptors (Lipinski definition) is 7. The van der Waals surface area contributed by atoms with Crippen molar-refractivity contribution in [3.8, 4) is 12.1 Å². The van der Waals surface area contributed by atoms with Gasteiger partial charge in [0.2, 0.25) is 0 Å². The molecule has 0 fully saturated rings. The standard InChI is InChI=1S/C25H28N4O5/c1-6-17-14(3)18(10-16(12-26)13-27)28-20(17)11-19-15(4)23(25(32)34-7-2)24(29-19)21(30)8-9-22(31)33-5/h10,28-29H,6-9,11H2,1-5H3. The van der Waals surface area contributed by atoms with Gasteiger partial charge in [0.25, 0.3) is 0 Å². The van der Waals surface area contributed by atoms with E-state index in [9.17, 15) is 14.4 Å². The van der Waals surface area contributed by atoms with Gasteiger partial charge >= 0.3 is 11.9 Å². The van der Waals surface area contributed by atoms with Crippen LogP contribution in [0, 0.1) is 36.5 Å². The van der Waals surface area contributed by atoms with Crippen molar-refractivity contribution >= 4 is 23.8 Å². The second-order valence-corrected chi connectivity index (χ2v) is 7.63. The first-order chi connectivity index (χ1) is 16.2. The Hall–Kier alpha value is -4.11. The summed E-state index contributed by atoms with van der Waals surface area (Å²) in [4.78, 5) is 43.4. The first-order valence-electron chi connectivity index (χ1n) is 10.9. The average molecular weight is 465 g/mol. The first kappa shape index (κ1) is 26.1. The molecule has 34 heavy (non-hydrogen) atoms. The van der Waals surface area contributed by atoms with Gasteiger partial charge in [0.1, 0.15) is 17.7 Å². The second-order valence-electron chi connectivity index (χ2n) is 7.63. The number of nitrogens with zero attached hydrogens (tertiary/aromatic N) is 2. The zero-order valence-electron chi connectivity index (χ0n) is 20.0. The first-order valence-corrected chi connectivity index (χ1v) is 10.9. The molecular weight excluding hydrogens is 436 g/mol. The SMILES string of the molecule is CCOC(=O)c1c(C(=O)CCC(=O)OC)[nH]c(Cc2[nH]c(C=C(C#N)C#N)c(C)c2CC)c1C. The summed E-state index contributed by atoms with van der Waals surface area (Å²) in [6, 6.07) is 3.71. The van der Waals surface area contributed by atoms with Gasteiger partial charge in [0.15, 0.2) is 5.78 Å². The van der Waals surface area contributed by atoms with Crippen molar-refractivity contribution in [2.24, 2.45) is 0 Å². The van der Waals surface area contributed by atoms with Crippen LogP contribution in [-0.4, -0.2) is 41.4 Å². The molecule has 0 amide bonds. The van der Waals surface area contributed by atoms with Crippen molar-refractivity contribution in [2.45, 2.75) is 53.4 Å². The van der Waals surface area contributed by atoms with Gasteiger partial charge in [0, 0.05) is 29.9 Å². The monoisotopic (exact) mass is 464 g/mol. The van der Waals surface area contributed by atoms with Crippen molar-refractivity contribution in [3.05, 3.63) is 50.6 Å². The molecule has 9 heteroatoms. The molecule has 2 rings (SSSR count). The number of rotatable bonds is 10. The Kier molecular flexibility index (Phi) is 8.97. The summed E-state index contributed by atoms with van der Waals surface area (Å²) in [5.74, 6) is -1.52. The van der Waals surface area contributed by atoms with E-state index in [4.69, 9.17) is 15.3 Å². The number of Topliss-reactive ketones (excluding diaryl/α,β-unsaturated/α-hetero) is 1. The van der Waals surface area contributed by atoms with Gasteiger partial charge in [-0.15, -0.1) is 0 Å². The highest BCUT2D eigenvalue weighted by atomic mass is 16.5. The van der Waals surface area contributed by atoms with E-state index in [1.54, 1.807) is 13.8 Å². The van der Waals surface area contributed by atoms with Crippen LogP contribution in [0.3, 0.4) is 0 Å². The third kappa shape index (κ3) is 5.62. The number of carbonyl (C=O) groups excluding carboxylic acids is 3. The molecule has 0 bridgehead atoms. The summed E-state index contributed by atoms with van der Waals surface area (Å²) in [6.45, 7) is 7.47. The molecule has 2 aromatic heterocycles. The number of hydrogen-bond donors (Lipinski definition) is 2. The Morgan fingerprint density at radius 3 is 2.24 bits per heavy atom. The number of nitriles is 2. The number of esters is 2. The van der Waals surface area contributed by atoms with Crippen LogP contribution in [0.25, 0.3) is 6.08 Å². The quantitative estimate of drug-likeness (QED) is 0.308. The number of nitrogens with one attached hydrogen (secondary N) is 2. The van der Waals surface area contributed by atoms with E-state index in [1.807, 2.05) is 26.0 Å². The number of ketones is 1. The fourth-order valence-corrected chi connectivity index (χ4v) is 3.84. The van der Waals surface area contributed by atoms with Gasteiger partial charge in [-0.1, -0.05) is 6.92 Å². The van der Waals surface area contributed by atoms with Crippen LogP contribution in [0.1, 0.15) is 81.3 Å². The summed E-state index contributed by atoms with van der Waals surface area (Å²) >= 11 is 0. The lowest BCUT2D eigenvalue weighted by atomic mass is 10.0. The van der Waals surface area contributed by atoms with Crippen LogP contribution >= 0.6 is 0 Å². The average Bonchev–Trinajstić information content (AvgIpc) is 3.31. The number of methoxy groups -OCH3 is 1. The molecule has 0 aliphatic rings. The Morgan fingerprint density at radius 2 is 1.68 bits per heavy atom. The number of H-pyrrole nitrogens is 2. The summed E-state index contributed by atoms with van der Waals surface area (Å²) in [6.07, 6.45) is 2.35. The van der Waals surface area contributed by atoms with Crippen molar-refractivity contribution < 1.29 is 23.9 Å². The van der Waals surface area contributed by atoms with Crippen LogP contribution in [0.5, 0.6) is 0 Å². The van der Waals surface area contributed by atoms with Gasteiger partial charge in [-0.2, -0.15) is 10.5 Å². The maximum Gasteiger partial charge on any atom is 0.340 e. The van der Waals surface area contributed by atoms with Gasteiger partial charge in [-0.3, -0.25) is 9.59 Å². The molecule has 0 saturated carbocycles. The molecule has 0 radical (unpaired) electrons. The maximum absolute atomic E-state index is 12.9. The van der Waals surface area contributed by atoms with Gasteiger partial charge in [-0.05, 0) is 50.0 Å². The minimum atomic E-state index is -0.612. The van der Waals surface area contributed by atoms with Crippen LogP contribution in [-0.2, 0) is 27.1 Å². The van der Waals surface area contributed by atoms with Crippen LogP contribution in [0.2, 0.25) is 0 Å². The zero-order chi connectivity index (χ0) is 25.4. The lowest BCUT2D eigenvalue weighted by molar-refractivity contribution is -0.140. The fraction of sp³-hybridized carbons (Fsp3) is 0.400. The molecule has 0 saturated heterocycles. The summed E-state index contributed by atoms with van der Waals surface area (Å²) < 4.78 is 9.77. The molecule has 0 aliphatic heterocycles. The highest BCUT2D eigenvalue weighted by molar-refractivity contribution is 6.07. The third-order valence-electron chi connectivity index (χ3n) is 5.64. The molecule has 2 heterocycles. The molecule has 0 aromatic carbocycles. The predicted octanol–water partition coefficient (Wildman–Crippen LogP) is 3.86. The molecule has 2 aromatic rings. The number of allylic oxidation sites excluding steroid dienone is 1. The number of aromatic nitrogens is 2. The highest BCUT2D eigenvalue weighted by Crippen LogP contribution is 2.27. The predicted molar refractivity (Wildman–Crippen MR) is 124 cm³/mol. The Balaban J connectivity index is 2.53. The lowest BCUT2D eigenvalue weighted by Crippen LogP contribution is -2.13. The molecule has 0 spiro atoms. The molecule has 9 nitrogen and oxygen atoms in total. The van der Waals surface area contributed by atoms with Gasteiger partial charge in [0.05, 0.1) is 31.4 Å². The van der Waals surface area contributed by atoms with Gasteiger partial charge in [-0.25, -0.2) is 4.79 Å². The third-order valence-corrected chi connectivity index (χ3v) is 5.64. The maximum atomic E-state index is 12.9.